The summed E-state index contributed by atoms with van der Waals surface area (Å²) < 4.78 is 1.11. The Balaban J connectivity index is 2.46. The molecule has 18 heavy (non-hydrogen) atoms. The predicted molar refractivity (Wildman–Crippen MR) is 82.2 cm³/mol. The lowest BCUT2D eigenvalue weighted by Crippen LogP contribution is -2.05. The summed E-state index contributed by atoms with van der Waals surface area (Å²) in [6.07, 6.45) is 3.33. The minimum atomic E-state index is 0.978. The molecule has 0 fully saturated rings. The van der Waals surface area contributed by atoms with Gasteiger partial charge in [-0.3, -0.25) is 0 Å². The lowest BCUT2D eigenvalue weighted by atomic mass is 10.1. The van der Waals surface area contributed by atoms with Gasteiger partial charge in [-0.05, 0) is 42.7 Å². The van der Waals surface area contributed by atoms with Crippen molar-refractivity contribution in [2.45, 2.75) is 33.1 Å². The molecule has 96 valence electrons. The van der Waals surface area contributed by atoms with Crippen LogP contribution in [0, 0.1) is 0 Å². The van der Waals surface area contributed by atoms with Gasteiger partial charge in [0.1, 0.15) is 5.82 Å². The van der Waals surface area contributed by atoms with E-state index >= 15 is 0 Å². The monoisotopic (exact) mass is 306 g/mol. The van der Waals surface area contributed by atoms with E-state index in [4.69, 9.17) is 4.98 Å². The highest BCUT2D eigenvalue weighted by atomic mass is 79.9. The van der Waals surface area contributed by atoms with E-state index in [1.54, 1.807) is 0 Å². The molecule has 0 saturated carbocycles. The van der Waals surface area contributed by atoms with Gasteiger partial charge in [-0.1, -0.05) is 36.2 Å². The van der Waals surface area contributed by atoms with E-state index in [0.29, 0.717) is 0 Å². The van der Waals surface area contributed by atoms with Gasteiger partial charge in [0.25, 0.3) is 0 Å². The summed E-state index contributed by atoms with van der Waals surface area (Å²) in [5, 5.41) is 4.64. The Morgan fingerprint density at radius 1 is 1.17 bits per heavy atom. The number of benzene rings is 1. The molecule has 0 spiro atoms. The van der Waals surface area contributed by atoms with Crippen molar-refractivity contribution >= 4 is 32.7 Å². The van der Waals surface area contributed by atoms with Crippen molar-refractivity contribution in [2.24, 2.45) is 0 Å². The van der Waals surface area contributed by atoms with E-state index < -0.39 is 0 Å². The summed E-state index contributed by atoms with van der Waals surface area (Å²) in [5.41, 5.74) is 2.37. The molecule has 0 radical (unpaired) electrons. The van der Waals surface area contributed by atoms with Crippen LogP contribution in [0.3, 0.4) is 0 Å². The summed E-state index contributed by atoms with van der Waals surface area (Å²) in [4.78, 5) is 4.74. The van der Waals surface area contributed by atoms with Gasteiger partial charge >= 0.3 is 0 Å². The summed E-state index contributed by atoms with van der Waals surface area (Å²) in [7, 11) is 0. The number of hydrogen-bond acceptors (Lipinski definition) is 2. The Morgan fingerprint density at radius 3 is 2.72 bits per heavy atom. The van der Waals surface area contributed by atoms with Crippen molar-refractivity contribution in [2.75, 3.05) is 11.9 Å². The van der Waals surface area contributed by atoms with E-state index in [1.165, 1.54) is 10.9 Å². The molecule has 0 atom stereocenters. The fourth-order valence-corrected chi connectivity index (χ4v) is 2.43. The third kappa shape index (κ3) is 3.02. The zero-order valence-electron chi connectivity index (χ0n) is 11.0. The number of halogens is 1. The second-order valence-corrected chi connectivity index (χ2v) is 5.43. The zero-order chi connectivity index (χ0) is 13.0. The Bertz CT molecular complexity index is 537. The van der Waals surface area contributed by atoms with Crippen LogP contribution in [-0.4, -0.2) is 11.5 Å². The van der Waals surface area contributed by atoms with Gasteiger partial charge in [0.2, 0.25) is 0 Å². The van der Waals surface area contributed by atoms with Crippen LogP contribution in [-0.2, 0) is 6.42 Å². The highest BCUT2D eigenvalue weighted by Crippen LogP contribution is 2.24. The molecule has 0 aliphatic heterocycles. The molecule has 0 unspecified atom stereocenters. The maximum Gasteiger partial charge on any atom is 0.129 e. The van der Waals surface area contributed by atoms with Crippen molar-refractivity contribution in [1.29, 1.82) is 0 Å². The molecular weight excluding hydrogens is 288 g/mol. The second-order valence-electron chi connectivity index (χ2n) is 4.51. The molecular formula is C15H19BrN2. The third-order valence-electron chi connectivity index (χ3n) is 2.92. The SMILES string of the molecule is CCCNc1nc2ccc(Br)cc2cc1CCC. The Hall–Kier alpha value is -1.09. The van der Waals surface area contributed by atoms with Crippen molar-refractivity contribution < 1.29 is 0 Å². The highest BCUT2D eigenvalue weighted by Gasteiger charge is 2.06. The van der Waals surface area contributed by atoms with Crippen molar-refractivity contribution in [3.05, 3.63) is 34.3 Å². The van der Waals surface area contributed by atoms with Crippen LogP contribution in [0.25, 0.3) is 10.9 Å². The average molecular weight is 307 g/mol. The number of aryl methyl sites for hydroxylation is 1. The lowest BCUT2D eigenvalue weighted by molar-refractivity contribution is 0.906. The number of nitrogens with zero attached hydrogens (tertiary/aromatic N) is 1. The predicted octanol–water partition coefficient (Wildman–Crippen LogP) is 4.77. The first-order chi connectivity index (χ1) is 8.74. The van der Waals surface area contributed by atoms with Crippen LogP contribution in [0.1, 0.15) is 32.3 Å². The molecule has 0 aliphatic rings. The van der Waals surface area contributed by atoms with Gasteiger partial charge in [-0.2, -0.15) is 0 Å². The topological polar surface area (TPSA) is 24.9 Å². The molecule has 1 heterocycles. The molecule has 2 aromatic rings. The first-order valence-corrected chi connectivity index (χ1v) is 7.37. The maximum atomic E-state index is 4.74. The van der Waals surface area contributed by atoms with Gasteiger partial charge in [-0.25, -0.2) is 4.98 Å². The Labute approximate surface area is 117 Å². The van der Waals surface area contributed by atoms with Crippen LogP contribution < -0.4 is 5.32 Å². The van der Waals surface area contributed by atoms with Crippen LogP contribution in [0.5, 0.6) is 0 Å². The number of fused-ring (bicyclic) bond motifs is 1. The summed E-state index contributed by atoms with van der Waals surface area (Å²) in [5.74, 6) is 1.05. The number of hydrogen-bond donors (Lipinski definition) is 1. The quantitative estimate of drug-likeness (QED) is 0.860. The van der Waals surface area contributed by atoms with Gasteiger partial charge < -0.3 is 5.32 Å². The zero-order valence-corrected chi connectivity index (χ0v) is 12.5. The van der Waals surface area contributed by atoms with Crippen molar-refractivity contribution in [3.8, 4) is 0 Å². The molecule has 2 nitrogen and oxygen atoms in total. The summed E-state index contributed by atoms with van der Waals surface area (Å²) in [6.45, 7) is 5.35. The molecule has 0 saturated heterocycles. The number of anilines is 1. The van der Waals surface area contributed by atoms with Crippen LogP contribution in [0.4, 0.5) is 5.82 Å². The van der Waals surface area contributed by atoms with E-state index in [0.717, 1.165) is 41.6 Å². The standard InChI is InChI=1S/C15H19BrN2/c1-3-5-11-9-12-10-13(16)6-7-14(12)18-15(11)17-8-4-2/h6-7,9-10H,3-5,8H2,1-2H3,(H,17,18). The van der Waals surface area contributed by atoms with Crippen molar-refractivity contribution in [1.82, 2.24) is 4.98 Å². The van der Waals surface area contributed by atoms with E-state index in [-0.39, 0.29) is 0 Å². The fourth-order valence-electron chi connectivity index (χ4n) is 2.05. The van der Waals surface area contributed by atoms with Crippen LogP contribution >= 0.6 is 15.9 Å². The normalized spacial score (nSPS) is 10.8. The third-order valence-corrected chi connectivity index (χ3v) is 3.41. The minimum absolute atomic E-state index is 0.978. The molecule has 2 rings (SSSR count). The number of aromatic nitrogens is 1. The first-order valence-electron chi connectivity index (χ1n) is 6.57. The molecule has 1 N–H and O–H groups in total. The molecule has 1 aromatic heterocycles. The van der Waals surface area contributed by atoms with E-state index in [1.807, 2.05) is 6.07 Å². The molecule has 0 bridgehead atoms. The largest absolute Gasteiger partial charge is 0.370 e. The van der Waals surface area contributed by atoms with Crippen molar-refractivity contribution in [3.63, 3.8) is 0 Å². The van der Waals surface area contributed by atoms with Crippen LogP contribution in [0.15, 0.2) is 28.7 Å². The number of pyridine rings is 1. The first kappa shape index (κ1) is 13.3. The smallest absolute Gasteiger partial charge is 0.129 e. The summed E-state index contributed by atoms with van der Waals surface area (Å²) in [6, 6.07) is 8.49. The van der Waals surface area contributed by atoms with Gasteiger partial charge in [0.05, 0.1) is 5.52 Å². The molecule has 1 aromatic carbocycles. The number of nitrogens with one attached hydrogen (secondary N) is 1. The van der Waals surface area contributed by atoms with Gasteiger partial charge in [-0.15, -0.1) is 0 Å². The number of rotatable bonds is 5. The van der Waals surface area contributed by atoms with Gasteiger partial charge in [0.15, 0.2) is 0 Å². The van der Waals surface area contributed by atoms with E-state index in [9.17, 15) is 0 Å². The second kappa shape index (κ2) is 6.19. The molecule has 0 amide bonds. The fraction of sp³-hybridized carbons (Fsp3) is 0.400. The Kier molecular flexibility index (Phi) is 4.59. The minimum Gasteiger partial charge on any atom is -0.370 e. The molecule has 3 heteroatoms. The Morgan fingerprint density at radius 2 is 2.00 bits per heavy atom. The van der Waals surface area contributed by atoms with Gasteiger partial charge in [0, 0.05) is 16.4 Å². The maximum absolute atomic E-state index is 4.74. The highest BCUT2D eigenvalue weighted by molar-refractivity contribution is 9.10. The summed E-state index contributed by atoms with van der Waals surface area (Å²) >= 11 is 3.51. The average Bonchev–Trinajstić information content (AvgIpc) is 2.36. The van der Waals surface area contributed by atoms with E-state index in [2.05, 4.69) is 53.3 Å². The lowest BCUT2D eigenvalue weighted by Gasteiger charge is -2.11. The van der Waals surface area contributed by atoms with Crippen LogP contribution in [0.2, 0.25) is 0 Å². The molecule has 0 aliphatic carbocycles.